The lowest BCUT2D eigenvalue weighted by Crippen LogP contribution is -2.38. The highest BCUT2D eigenvalue weighted by atomic mass is 19.4. The summed E-state index contributed by atoms with van der Waals surface area (Å²) in [6, 6.07) is 8.95. The second-order valence-electron chi connectivity index (χ2n) is 7.00. The molecule has 27 heavy (non-hydrogen) atoms. The average Bonchev–Trinajstić information content (AvgIpc) is 3.18. The van der Waals surface area contributed by atoms with E-state index < -0.39 is 48.3 Å². The highest BCUT2D eigenvalue weighted by molar-refractivity contribution is 5.90. The number of alkyl halides is 3. The van der Waals surface area contributed by atoms with Gasteiger partial charge in [0.1, 0.15) is 6.54 Å². The standard InChI is InChI=1S/C18H19F3N2O4/c19-18(20,21)10-23-7-12(6-15(23)24)16(25)22-8-13(14(9-22)17(26)27)11-4-2-1-3-5-11/h1-5,12-14H,6-10H2,(H,26,27)/t12?,13-,14-/m1/s1. The molecular weight excluding hydrogens is 365 g/mol. The minimum Gasteiger partial charge on any atom is -0.481 e. The number of nitrogens with zero attached hydrogens (tertiary/aromatic N) is 2. The molecule has 2 fully saturated rings. The van der Waals surface area contributed by atoms with E-state index >= 15 is 0 Å². The van der Waals surface area contributed by atoms with Crippen LogP contribution in [-0.2, 0) is 14.4 Å². The smallest absolute Gasteiger partial charge is 0.406 e. The van der Waals surface area contributed by atoms with E-state index in [1.807, 2.05) is 0 Å². The molecule has 3 atom stereocenters. The van der Waals surface area contributed by atoms with Crippen LogP contribution in [0.2, 0.25) is 0 Å². The van der Waals surface area contributed by atoms with Crippen molar-refractivity contribution in [1.82, 2.24) is 9.80 Å². The molecule has 3 rings (SSSR count). The summed E-state index contributed by atoms with van der Waals surface area (Å²) in [5, 5.41) is 9.50. The van der Waals surface area contributed by atoms with Crippen molar-refractivity contribution < 1.29 is 32.7 Å². The van der Waals surface area contributed by atoms with Gasteiger partial charge in [-0.2, -0.15) is 13.2 Å². The van der Waals surface area contributed by atoms with E-state index in [1.54, 1.807) is 30.3 Å². The average molecular weight is 384 g/mol. The van der Waals surface area contributed by atoms with Gasteiger partial charge in [-0.15, -0.1) is 0 Å². The first-order valence-electron chi connectivity index (χ1n) is 8.57. The van der Waals surface area contributed by atoms with Gasteiger partial charge in [0, 0.05) is 32.0 Å². The number of carboxylic acids is 1. The highest BCUT2D eigenvalue weighted by Gasteiger charge is 2.45. The molecule has 0 saturated carbocycles. The molecule has 1 unspecified atom stereocenters. The van der Waals surface area contributed by atoms with Gasteiger partial charge in [-0.25, -0.2) is 0 Å². The third kappa shape index (κ3) is 4.23. The summed E-state index contributed by atoms with van der Waals surface area (Å²) in [6.07, 6.45) is -4.80. The summed E-state index contributed by atoms with van der Waals surface area (Å²) >= 11 is 0. The number of carboxylic acid groups (broad SMARTS) is 1. The van der Waals surface area contributed by atoms with Crippen molar-refractivity contribution in [3.05, 3.63) is 35.9 Å². The topological polar surface area (TPSA) is 77.9 Å². The first-order valence-corrected chi connectivity index (χ1v) is 8.57. The first-order chi connectivity index (χ1) is 12.7. The van der Waals surface area contributed by atoms with E-state index in [2.05, 4.69) is 0 Å². The maximum absolute atomic E-state index is 12.7. The fourth-order valence-corrected chi connectivity index (χ4v) is 3.84. The molecule has 0 aromatic heterocycles. The number of carbonyl (C=O) groups excluding carboxylic acids is 2. The second kappa shape index (κ2) is 7.21. The monoisotopic (exact) mass is 384 g/mol. The van der Waals surface area contributed by atoms with Crippen LogP contribution in [0.25, 0.3) is 0 Å². The molecular formula is C18H19F3N2O4. The van der Waals surface area contributed by atoms with Gasteiger partial charge >= 0.3 is 12.1 Å². The normalized spacial score (nSPS) is 25.9. The summed E-state index contributed by atoms with van der Waals surface area (Å²) in [4.78, 5) is 38.1. The van der Waals surface area contributed by atoms with E-state index in [1.165, 1.54) is 4.90 Å². The van der Waals surface area contributed by atoms with Crippen molar-refractivity contribution in [3.63, 3.8) is 0 Å². The maximum atomic E-state index is 12.7. The molecule has 1 aromatic rings. The molecule has 0 spiro atoms. The zero-order valence-corrected chi connectivity index (χ0v) is 14.4. The Labute approximate surface area is 153 Å². The molecule has 0 radical (unpaired) electrons. The van der Waals surface area contributed by atoms with Crippen LogP contribution in [0.1, 0.15) is 17.9 Å². The quantitative estimate of drug-likeness (QED) is 0.858. The van der Waals surface area contributed by atoms with Gasteiger partial charge in [0.2, 0.25) is 11.8 Å². The fraction of sp³-hybridized carbons (Fsp3) is 0.500. The Hall–Kier alpha value is -2.58. The molecule has 2 heterocycles. The van der Waals surface area contributed by atoms with E-state index in [0.717, 1.165) is 5.56 Å². The number of hydrogen-bond donors (Lipinski definition) is 1. The molecule has 2 saturated heterocycles. The number of benzene rings is 1. The Bertz CT molecular complexity index is 738. The third-order valence-electron chi connectivity index (χ3n) is 5.11. The lowest BCUT2D eigenvalue weighted by molar-refractivity contribution is -0.157. The van der Waals surface area contributed by atoms with Crippen LogP contribution < -0.4 is 0 Å². The van der Waals surface area contributed by atoms with E-state index in [0.29, 0.717) is 4.90 Å². The summed E-state index contributed by atoms with van der Waals surface area (Å²) < 4.78 is 37.6. The minimum atomic E-state index is -4.52. The van der Waals surface area contributed by atoms with Crippen molar-refractivity contribution in [2.45, 2.75) is 18.5 Å². The molecule has 0 aliphatic carbocycles. The number of rotatable bonds is 4. The number of hydrogen-bond acceptors (Lipinski definition) is 3. The largest absolute Gasteiger partial charge is 0.481 e. The van der Waals surface area contributed by atoms with Gasteiger partial charge in [0.15, 0.2) is 0 Å². The van der Waals surface area contributed by atoms with Crippen LogP contribution in [-0.4, -0.2) is 65.0 Å². The number of aliphatic carboxylic acids is 1. The number of carbonyl (C=O) groups is 3. The van der Waals surface area contributed by atoms with Crippen molar-refractivity contribution in [2.75, 3.05) is 26.2 Å². The van der Waals surface area contributed by atoms with Crippen molar-refractivity contribution in [2.24, 2.45) is 11.8 Å². The maximum Gasteiger partial charge on any atom is 0.406 e. The van der Waals surface area contributed by atoms with Crippen LogP contribution in [0.4, 0.5) is 13.2 Å². The van der Waals surface area contributed by atoms with Gasteiger partial charge in [-0.3, -0.25) is 14.4 Å². The van der Waals surface area contributed by atoms with Gasteiger partial charge < -0.3 is 14.9 Å². The number of likely N-dealkylation sites (tertiary alicyclic amines) is 2. The zero-order chi connectivity index (χ0) is 19.8. The summed E-state index contributed by atoms with van der Waals surface area (Å²) in [5.74, 6) is -4.25. The summed E-state index contributed by atoms with van der Waals surface area (Å²) in [5.41, 5.74) is 0.793. The first kappa shape index (κ1) is 19.2. The Morgan fingerprint density at radius 1 is 1.11 bits per heavy atom. The Balaban J connectivity index is 1.71. The van der Waals surface area contributed by atoms with Crippen molar-refractivity contribution in [3.8, 4) is 0 Å². The number of halogens is 3. The second-order valence-corrected chi connectivity index (χ2v) is 7.00. The molecule has 9 heteroatoms. The molecule has 6 nitrogen and oxygen atoms in total. The van der Waals surface area contributed by atoms with Gasteiger partial charge in [-0.05, 0) is 5.56 Å². The number of amides is 2. The lowest BCUT2D eigenvalue weighted by atomic mass is 9.89. The molecule has 146 valence electrons. The minimum absolute atomic E-state index is 0.0162. The van der Waals surface area contributed by atoms with Crippen molar-refractivity contribution in [1.29, 1.82) is 0 Å². The highest BCUT2D eigenvalue weighted by Crippen LogP contribution is 2.35. The van der Waals surface area contributed by atoms with E-state index in [4.69, 9.17) is 0 Å². The third-order valence-corrected chi connectivity index (χ3v) is 5.11. The SMILES string of the molecule is O=C(O)[C@@H]1CN(C(=O)C2CC(=O)N(CC(F)(F)F)C2)C[C@@H]1c1ccccc1. The Kier molecular flexibility index (Phi) is 5.12. The molecule has 1 N–H and O–H groups in total. The molecule has 2 aliphatic rings. The van der Waals surface area contributed by atoms with Crippen LogP contribution in [0.5, 0.6) is 0 Å². The lowest BCUT2D eigenvalue weighted by Gasteiger charge is -2.21. The van der Waals surface area contributed by atoms with Gasteiger partial charge in [0.25, 0.3) is 0 Å². The van der Waals surface area contributed by atoms with Gasteiger partial charge in [-0.1, -0.05) is 30.3 Å². The summed E-state index contributed by atoms with van der Waals surface area (Å²) in [7, 11) is 0. The van der Waals surface area contributed by atoms with Crippen LogP contribution in [0, 0.1) is 11.8 Å². The molecule has 0 bridgehead atoms. The Morgan fingerprint density at radius 2 is 1.78 bits per heavy atom. The van der Waals surface area contributed by atoms with Crippen LogP contribution >= 0.6 is 0 Å². The Morgan fingerprint density at radius 3 is 2.37 bits per heavy atom. The zero-order valence-electron chi connectivity index (χ0n) is 14.4. The van der Waals surface area contributed by atoms with Crippen molar-refractivity contribution >= 4 is 17.8 Å². The van der Waals surface area contributed by atoms with E-state index in [9.17, 15) is 32.7 Å². The van der Waals surface area contributed by atoms with E-state index in [-0.39, 0.29) is 26.1 Å². The van der Waals surface area contributed by atoms with Crippen LogP contribution in [0.3, 0.4) is 0 Å². The van der Waals surface area contributed by atoms with Gasteiger partial charge in [0.05, 0.1) is 11.8 Å². The fourth-order valence-electron chi connectivity index (χ4n) is 3.84. The molecule has 2 amide bonds. The molecule has 1 aromatic carbocycles. The predicted octanol–water partition coefficient (Wildman–Crippen LogP) is 1.72. The molecule has 2 aliphatic heterocycles. The summed E-state index contributed by atoms with van der Waals surface area (Å²) in [6.45, 7) is -1.51. The predicted molar refractivity (Wildman–Crippen MR) is 87.6 cm³/mol. The van der Waals surface area contributed by atoms with Crippen LogP contribution in [0.15, 0.2) is 30.3 Å².